The van der Waals surface area contributed by atoms with Crippen LogP contribution in [0.25, 0.3) is 0 Å². The lowest BCUT2D eigenvalue weighted by Crippen LogP contribution is -2.42. The Morgan fingerprint density at radius 2 is 2.07 bits per heavy atom. The van der Waals surface area contributed by atoms with Crippen molar-refractivity contribution in [3.8, 4) is 5.75 Å². The topological polar surface area (TPSA) is 67.6 Å². The third-order valence-corrected chi connectivity index (χ3v) is 5.10. The van der Waals surface area contributed by atoms with Crippen LogP contribution >= 0.6 is 12.4 Å². The first kappa shape index (κ1) is 22.2. The van der Waals surface area contributed by atoms with Gasteiger partial charge >= 0.3 is 0 Å². The van der Waals surface area contributed by atoms with Gasteiger partial charge in [0.15, 0.2) is 0 Å². The number of hydrogen-bond donors (Lipinski definition) is 1. The molecule has 154 valence electrons. The van der Waals surface area contributed by atoms with Crippen molar-refractivity contribution in [1.29, 1.82) is 0 Å². The first-order valence-electron chi connectivity index (χ1n) is 9.72. The Kier molecular flexibility index (Phi) is 8.33. The molecule has 1 aliphatic rings. The van der Waals surface area contributed by atoms with Crippen LogP contribution in [-0.2, 0) is 17.8 Å². The number of aryl methyl sites for hydroxylation is 2. The number of carbonyl (C=O) groups is 1. The van der Waals surface area contributed by atoms with Gasteiger partial charge in [0.2, 0.25) is 5.91 Å². The third kappa shape index (κ3) is 5.49. The van der Waals surface area contributed by atoms with E-state index in [-0.39, 0.29) is 18.3 Å². The van der Waals surface area contributed by atoms with E-state index >= 15 is 0 Å². The molecule has 3 rings (SSSR count). The molecule has 2 heterocycles. The lowest BCUT2D eigenvalue weighted by molar-refractivity contribution is -0.132. The average Bonchev–Trinajstić information content (AvgIpc) is 3.30. The van der Waals surface area contributed by atoms with E-state index in [1.54, 1.807) is 0 Å². The molecule has 1 fully saturated rings. The standard InChI is InChI=1S/C21H29N3O3.ClH/c1-4-11-24(18-9-10-22-13-18)21(25)12-17-5-7-19(8-6-17)26-14-20-15(2)23-27-16(20)3;/h5-8,18,22H,4,9-14H2,1-3H3;1H. The summed E-state index contributed by atoms with van der Waals surface area (Å²) in [6.07, 6.45) is 2.46. The maximum atomic E-state index is 12.8. The van der Waals surface area contributed by atoms with Gasteiger partial charge in [-0.15, -0.1) is 12.4 Å². The summed E-state index contributed by atoms with van der Waals surface area (Å²) in [7, 11) is 0. The van der Waals surface area contributed by atoms with Crippen molar-refractivity contribution < 1.29 is 14.1 Å². The molecule has 0 radical (unpaired) electrons. The number of nitrogens with zero attached hydrogens (tertiary/aromatic N) is 2. The number of hydrogen-bond acceptors (Lipinski definition) is 5. The number of carbonyl (C=O) groups excluding carboxylic acids is 1. The summed E-state index contributed by atoms with van der Waals surface area (Å²) < 4.78 is 11.0. The quantitative estimate of drug-likeness (QED) is 0.726. The second kappa shape index (κ2) is 10.5. The first-order chi connectivity index (χ1) is 13.1. The van der Waals surface area contributed by atoms with Gasteiger partial charge in [-0.25, -0.2) is 0 Å². The Morgan fingerprint density at radius 3 is 2.64 bits per heavy atom. The fourth-order valence-electron chi connectivity index (χ4n) is 3.50. The molecule has 1 N–H and O–H groups in total. The number of benzene rings is 1. The largest absolute Gasteiger partial charge is 0.489 e. The lowest BCUT2D eigenvalue weighted by Gasteiger charge is -2.28. The molecular weight excluding hydrogens is 378 g/mol. The molecular formula is C21H30ClN3O3. The van der Waals surface area contributed by atoms with Crippen molar-refractivity contribution in [2.24, 2.45) is 0 Å². The number of halogens is 1. The highest BCUT2D eigenvalue weighted by molar-refractivity contribution is 5.85. The normalized spacial score (nSPS) is 15.9. The molecule has 1 aliphatic heterocycles. The van der Waals surface area contributed by atoms with Crippen LogP contribution in [0.15, 0.2) is 28.8 Å². The predicted molar refractivity (Wildman–Crippen MR) is 111 cm³/mol. The predicted octanol–water partition coefficient (Wildman–Crippen LogP) is 3.44. The molecule has 1 atom stereocenters. The molecule has 0 bridgehead atoms. The van der Waals surface area contributed by atoms with Crippen molar-refractivity contribution in [2.45, 2.75) is 52.7 Å². The summed E-state index contributed by atoms with van der Waals surface area (Å²) in [6, 6.07) is 8.11. The van der Waals surface area contributed by atoms with Gasteiger partial charge in [-0.1, -0.05) is 24.2 Å². The molecule has 28 heavy (non-hydrogen) atoms. The fraction of sp³-hybridized carbons (Fsp3) is 0.524. The van der Waals surface area contributed by atoms with E-state index in [2.05, 4.69) is 17.4 Å². The van der Waals surface area contributed by atoms with Crippen LogP contribution in [0.3, 0.4) is 0 Å². The van der Waals surface area contributed by atoms with Gasteiger partial charge < -0.3 is 19.5 Å². The van der Waals surface area contributed by atoms with Gasteiger partial charge in [-0.05, 0) is 50.9 Å². The highest BCUT2D eigenvalue weighted by Gasteiger charge is 2.25. The highest BCUT2D eigenvalue weighted by Crippen LogP contribution is 2.19. The molecule has 0 spiro atoms. The average molecular weight is 408 g/mol. The van der Waals surface area contributed by atoms with Crippen LogP contribution in [-0.4, -0.2) is 41.6 Å². The van der Waals surface area contributed by atoms with Gasteiger partial charge in [0, 0.05) is 19.1 Å². The van der Waals surface area contributed by atoms with Gasteiger partial charge in [0.25, 0.3) is 0 Å². The van der Waals surface area contributed by atoms with Gasteiger partial charge in [0.05, 0.1) is 17.7 Å². The number of amides is 1. The molecule has 7 heteroatoms. The summed E-state index contributed by atoms with van der Waals surface area (Å²) in [5.41, 5.74) is 2.85. The Balaban J connectivity index is 0.00000280. The van der Waals surface area contributed by atoms with E-state index in [0.717, 1.165) is 60.8 Å². The summed E-state index contributed by atoms with van der Waals surface area (Å²) in [4.78, 5) is 14.8. The van der Waals surface area contributed by atoms with Gasteiger partial charge in [-0.2, -0.15) is 0 Å². The molecule has 6 nitrogen and oxygen atoms in total. The second-order valence-corrected chi connectivity index (χ2v) is 7.15. The minimum Gasteiger partial charge on any atom is -0.489 e. The van der Waals surface area contributed by atoms with Crippen molar-refractivity contribution in [3.63, 3.8) is 0 Å². The van der Waals surface area contributed by atoms with E-state index in [4.69, 9.17) is 9.26 Å². The Labute approximate surface area is 173 Å². The zero-order valence-electron chi connectivity index (χ0n) is 16.9. The van der Waals surface area contributed by atoms with E-state index < -0.39 is 0 Å². The minimum atomic E-state index is 0. The summed E-state index contributed by atoms with van der Waals surface area (Å²) in [5, 5.41) is 7.29. The van der Waals surface area contributed by atoms with Crippen LogP contribution in [0.5, 0.6) is 5.75 Å². The summed E-state index contributed by atoms with van der Waals surface area (Å²) in [6.45, 7) is 9.06. The van der Waals surface area contributed by atoms with E-state index in [0.29, 0.717) is 19.1 Å². The number of aromatic nitrogens is 1. The number of rotatable bonds is 8. The maximum Gasteiger partial charge on any atom is 0.227 e. The Morgan fingerprint density at radius 1 is 1.32 bits per heavy atom. The second-order valence-electron chi connectivity index (χ2n) is 7.15. The summed E-state index contributed by atoms with van der Waals surface area (Å²) in [5.74, 6) is 1.76. The number of nitrogens with one attached hydrogen (secondary N) is 1. The molecule has 0 saturated carbocycles. The van der Waals surface area contributed by atoms with Crippen molar-refractivity contribution in [2.75, 3.05) is 19.6 Å². The van der Waals surface area contributed by atoms with Crippen molar-refractivity contribution in [3.05, 3.63) is 46.8 Å². The van der Waals surface area contributed by atoms with E-state index in [1.807, 2.05) is 43.0 Å². The maximum absolute atomic E-state index is 12.8. The third-order valence-electron chi connectivity index (χ3n) is 5.10. The molecule has 1 aromatic carbocycles. The Hall–Kier alpha value is -2.05. The lowest BCUT2D eigenvalue weighted by atomic mass is 10.1. The van der Waals surface area contributed by atoms with Crippen LogP contribution in [0.4, 0.5) is 0 Å². The number of ether oxygens (including phenoxy) is 1. The molecule has 1 saturated heterocycles. The van der Waals surface area contributed by atoms with Crippen LogP contribution < -0.4 is 10.1 Å². The Bertz CT molecular complexity index is 735. The minimum absolute atomic E-state index is 0. The molecule has 1 amide bonds. The monoisotopic (exact) mass is 407 g/mol. The van der Waals surface area contributed by atoms with Crippen LogP contribution in [0.1, 0.15) is 42.3 Å². The van der Waals surface area contributed by atoms with E-state index in [1.165, 1.54) is 0 Å². The smallest absolute Gasteiger partial charge is 0.227 e. The fourth-order valence-corrected chi connectivity index (χ4v) is 3.50. The SMILES string of the molecule is CCCN(C(=O)Cc1ccc(OCc2c(C)noc2C)cc1)C1CCNC1.Cl. The van der Waals surface area contributed by atoms with Gasteiger partial charge in [0.1, 0.15) is 18.1 Å². The molecule has 1 unspecified atom stereocenters. The van der Waals surface area contributed by atoms with Gasteiger partial charge in [-0.3, -0.25) is 4.79 Å². The highest BCUT2D eigenvalue weighted by atomic mass is 35.5. The van der Waals surface area contributed by atoms with Crippen LogP contribution in [0.2, 0.25) is 0 Å². The van der Waals surface area contributed by atoms with Crippen molar-refractivity contribution in [1.82, 2.24) is 15.4 Å². The first-order valence-corrected chi connectivity index (χ1v) is 9.72. The van der Waals surface area contributed by atoms with E-state index in [9.17, 15) is 4.79 Å². The van der Waals surface area contributed by atoms with Crippen molar-refractivity contribution >= 4 is 18.3 Å². The zero-order valence-corrected chi connectivity index (χ0v) is 17.7. The summed E-state index contributed by atoms with van der Waals surface area (Å²) >= 11 is 0. The zero-order chi connectivity index (χ0) is 19.2. The van der Waals surface area contributed by atoms with Crippen LogP contribution in [0, 0.1) is 13.8 Å². The molecule has 2 aromatic rings. The molecule has 0 aliphatic carbocycles. The molecule has 1 aromatic heterocycles.